The molecule has 2 aromatic carbocycles. The minimum Gasteiger partial charge on any atom is -0.271 e. The summed E-state index contributed by atoms with van der Waals surface area (Å²) >= 11 is 11.7. The normalized spacial score (nSPS) is 12.2. The van der Waals surface area contributed by atoms with Crippen molar-refractivity contribution in [2.45, 2.75) is 6.18 Å². The summed E-state index contributed by atoms with van der Waals surface area (Å²) in [4.78, 5) is 12.1. The van der Waals surface area contributed by atoms with Crippen LogP contribution in [-0.4, -0.2) is 33.3 Å². The highest BCUT2D eigenvalue weighted by Gasteiger charge is 2.32. The molecule has 0 radical (unpaired) electrons. The van der Waals surface area contributed by atoms with Crippen LogP contribution in [-0.2, 0) is 21.0 Å². The van der Waals surface area contributed by atoms with Gasteiger partial charge in [-0.15, -0.1) is 0 Å². The molecule has 6 nitrogen and oxygen atoms in total. The summed E-state index contributed by atoms with van der Waals surface area (Å²) < 4.78 is 63.6. The van der Waals surface area contributed by atoms with Crippen LogP contribution in [0.4, 0.5) is 18.9 Å². The van der Waals surface area contributed by atoms with Crippen LogP contribution in [0.15, 0.2) is 47.6 Å². The van der Waals surface area contributed by atoms with E-state index in [4.69, 9.17) is 23.2 Å². The first-order valence-electron chi connectivity index (χ1n) is 7.80. The predicted octanol–water partition coefficient (Wildman–Crippen LogP) is 3.93. The molecule has 29 heavy (non-hydrogen) atoms. The van der Waals surface area contributed by atoms with E-state index in [1.54, 1.807) is 0 Å². The van der Waals surface area contributed by atoms with Crippen molar-refractivity contribution in [3.05, 3.63) is 63.6 Å². The minimum absolute atomic E-state index is 0.0833. The van der Waals surface area contributed by atoms with Crippen molar-refractivity contribution in [1.82, 2.24) is 5.43 Å². The molecule has 0 heterocycles. The number of amides is 1. The lowest BCUT2D eigenvalue weighted by atomic mass is 10.1. The second kappa shape index (κ2) is 9.02. The van der Waals surface area contributed by atoms with Gasteiger partial charge in [-0.05, 0) is 24.3 Å². The Kier molecular flexibility index (Phi) is 7.15. The standard InChI is InChI=1S/C17H14Cl2F3N3O3S/c1-29(27,28)25(12-6-7-14(18)15(19)8-12)10-16(26)24-23-9-11-4-2-3-5-13(11)17(20,21)22/h2-9H,10H2,1H3,(H,24,26)/b23-9-. The smallest absolute Gasteiger partial charge is 0.271 e. The molecule has 2 rings (SSSR count). The Morgan fingerprint density at radius 2 is 1.83 bits per heavy atom. The summed E-state index contributed by atoms with van der Waals surface area (Å²) in [5.41, 5.74) is 0.909. The van der Waals surface area contributed by atoms with Gasteiger partial charge < -0.3 is 0 Å². The lowest BCUT2D eigenvalue weighted by Crippen LogP contribution is -2.39. The second-order valence-corrected chi connectivity index (χ2v) is 8.47. The minimum atomic E-state index is -4.59. The van der Waals surface area contributed by atoms with Crippen molar-refractivity contribution in [3.63, 3.8) is 0 Å². The topological polar surface area (TPSA) is 78.8 Å². The molecule has 0 aliphatic rings. The molecule has 0 saturated carbocycles. The Labute approximate surface area is 175 Å². The van der Waals surface area contributed by atoms with Crippen LogP contribution in [0.1, 0.15) is 11.1 Å². The maximum absolute atomic E-state index is 12.9. The lowest BCUT2D eigenvalue weighted by molar-refractivity contribution is -0.137. The van der Waals surface area contributed by atoms with Crippen LogP contribution >= 0.6 is 23.2 Å². The van der Waals surface area contributed by atoms with Gasteiger partial charge in [-0.25, -0.2) is 13.8 Å². The van der Waals surface area contributed by atoms with Crippen LogP contribution in [0.5, 0.6) is 0 Å². The summed E-state index contributed by atoms with van der Waals surface area (Å²) in [6.07, 6.45) is -2.89. The predicted molar refractivity (Wildman–Crippen MR) is 106 cm³/mol. The van der Waals surface area contributed by atoms with Gasteiger partial charge in [0.15, 0.2) is 0 Å². The Morgan fingerprint density at radius 3 is 2.41 bits per heavy atom. The number of rotatable bonds is 6. The molecular formula is C17H14Cl2F3N3O3S. The van der Waals surface area contributed by atoms with E-state index in [2.05, 4.69) is 5.10 Å². The third-order valence-electron chi connectivity index (χ3n) is 3.54. The second-order valence-electron chi connectivity index (χ2n) is 5.75. The van der Waals surface area contributed by atoms with Gasteiger partial charge >= 0.3 is 6.18 Å². The zero-order chi connectivity index (χ0) is 21.8. The van der Waals surface area contributed by atoms with Crippen molar-refractivity contribution in [2.75, 3.05) is 17.1 Å². The highest BCUT2D eigenvalue weighted by Crippen LogP contribution is 2.31. The number of hydrazone groups is 1. The van der Waals surface area contributed by atoms with Crippen LogP contribution in [0, 0.1) is 0 Å². The van der Waals surface area contributed by atoms with Gasteiger partial charge in [0.05, 0.1) is 33.8 Å². The number of carbonyl (C=O) groups excluding carboxylic acids is 1. The number of benzene rings is 2. The Hall–Kier alpha value is -2.30. The van der Waals surface area contributed by atoms with Gasteiger partial charge in [0.25, 0.3) is 5.91 Å². The highest BCUT2D eigenvalue weighted by atomic mass is 35.5. The maximum atomic E-state index is 12.9. The number of carbonyl (C=O) groups is 1. The van der Waals surface area contributed by atoms with E-state index in [0.29, 0.717) is 0 Å². The molecule has 12 heteroatoms. The first-order valence-corrected chi connectivity index (χ1v) is 10.4. The molecule has 1 N–H and O–H groups in total. The van der Waals surface area contributed by atoms with E-state index in [1.807, 2.05) is 5.43 Å². The number of halogens is 5. The summed E-state index contributed by atoms with van der Waals surface area (Å²) in [7, 11) is -3.88. The average Bonchev–Trinajstić information content (AvgIpc) is 2.61. The maximum Gasteiger partial charge on any atom is 0.417 e. The van der Waals surface area contributed by atoms with Gasteiger partial charge in [0, 0.05) is 5.56 Å². The highest BCUT2D eigenvalue weighted by molar-refractivity contribution is 7.92. The van der Waals surface area contributed by atoms with Crippen LogP contribution in [0.25, 0.3) is 0 Å². The van der Waals surface area contributed by atoms with Crippen molar-refractivity contribution in [1.29, 1.82) is 0 Å². The zero-order valence-electron chi connectivity index (χ0n) is 14.7. The van der Waals surface area contributed by atoms with Crippen molar-refractivity contribution >= 4 is 51.0 Å². The zero-order valence-corrected chi connectivity index (χ0v) is 17.1. The number of nitrogens with one attached hydrogen (secondary N) is 1. The van der Waals surface area contributed by atoms with Gasteiger partial charge in [-0.1, -0.05) is 41.4 Å². The summed E-state index contributed by atoms with van der Waals surface area (Å²) in [5, 5.41) is 3.76. The molecule has 2 aromatic rings. The molecule has 0 spiro atoms. The van der Waals surface area contributed by atoms with Crippen molar-refractivity contribution in [2.24, 2.45) is 5.10 Å². The summed E-state index contributed by atoms with van der Waals surface area (Å²) in [6.45, 7) is -0.672. The molecule has 0 unspecified atom stereocenters. The SMILES string of the molecule is CS(=O)(=O)N(CC(=O)N/N=C\c1ccccc1C(F)(F)F)c1ccc(Cl)c(Cl)c1. The van der Waals surface area contributed by atoms with E-state index in [1.165, 1.54) is 36.4 Å². The molecule has 0 aliphatic carbocycles. The van der Waals surface area contributed by atoms with Crippen LogP contribution < -0.4 is 9.73 Å². The third-order valence-corrected chi connectivity index (χ3v) is 5.42. The monoisotopic (exact) mass is 467 g/mol. The fourth-order valence-corrected chi connectivity index (χ4v) is 3.39. The fourth-order valence-electron chi connectivity index (χ4n) is 2.25. The summed E-state index contributed by atoms with van der Waals surface area (Å²) in [6, 6.07) is 8.64. The molecule has 0 fully saturated rings. The first kappa shape index (κ1) is 23.0. The molecule has 0 saturated heterocycles. The number of sulfonamides is 1. The Balaban J connectivity index is 2.16. The van der Waals surface area contributed by atoms with E-state index in [-0.39, 0.29) is 21.3 Å². The number of nitrogens with zero attached hydrogens (tertiary/aromatic N) is 2. The van der Waals surface area contributed by atoms with E-state index in [0.717, 1.165) is 22.8 Å². The quantitative estimate of drug-likeness (QED) is 0.516. The largest absolute Gasteiger partial charge is 0.417 e. The van der Waals surface area contributed by atoms with Gasteiger partial charge in [-0.3, -0.25) is 9.10 Å². The molecule has 156 valence electrons. The van der Waals surface area contributed by atoms with E-state index in [9.17, 15) is 26.4 Å². The fraction of sp³-hybridized carbons (Fsp3) is 0.176. The van der Waals surface area contributed by atoms with Crippen molar-refractivity contribution < 1.29 is 26.4 Å². The molecular weight excluding hydrogens is 454 g/mol. The Bertz CT molecular complexity index is 1040. The van der Waals surface area contributed by atoms with Gasteiger partial charge in [-0.2, -0.15) is 18.3 Å². The van der Waals surface area contributed by atoms with Crippen LogP contribution in [0.3, 0.4) is 0 Å². The van der Waals surface area contributed by atoms with E-state index >= 15 is 0 Å². The average molecular weight is 468 g/mol. The molecule has 0 atom stereocenters. The summed E-state index contributed by atoms with van der Waals surface area (Å²) in [5.74, 6) is -0.873. The molecule has 0 bridgehead atoms. The lowest BCUT2D eigenvalue weighted by Gasteiger charge is -2.21. The van der Waals surface area contributed by atoms with E-state index < -0.39 is 34.2 Å². The number of alkyl halides is 3. The molecule has 0 aliphatic heterocycles. The van der Waals surface area contributed by atoms with Gasteiger partial charge in [0.2, 0.25) is 10.0 Å². The first-order chi connectivity index (χ1) is 13.4. The van der Waals surface area contributed by atoms with Crippen LogP contribution in [0.2, 0.25) is 10.0 Å². The molecule has 0 aromatic heterocycles. The Morgan fingerprint density at radius 1 is 1.17 bits per heavy atom. The molecule has 1 amide bonds. The number of anilines is 1. The third kappa shape index (κ3) is 6.34. The number of hydrogen-bond donors (Lipinski definition) is 1. The van der Waals surface area contributed by atoms with Gasteiger partial charge in [0.1, 0.15) is 6.54 Å². The van der Waals surface area contributed by atoms with Crippen molar-refractivity contribution in [3.8, 4) is 0 Å². The number of hydrogen-bond acceptors (Lipinski definition) is 4.